The molecule has 4 nitrogen and oxygen atoms in total. The number of hydrogen-bond donors (Lipinski definition) is 1. The van der Waals surface area contributed by atoms with Gasteiger partial charge in [-0.15, -0.1) is 0 Å². The van der Waals surface area contributed by atoms with Gasteiger partial charge in [-0.05, 0) is 48.9 Å². The zero-order valence-corrected chi connectivity index (χ0v) is 10.5. The van der Waals surface area contributed by atoms with E-state index < -0.39 is 0 Å². The molecule has 0 aromatic carbocycles. The molecule has 0 aliphatic rings. The van der Waals surface area contributed by atoms with Crippen LogP contribution >= 0.6 is 11.8 Å². The van der Waals surface area contributed by atoms with Crippen LogP contribution in [0, 0.1) is 13.8 Å². The fraction of sp³-hybridized carbons (Fsp3) is 0.250. The first kappa shape index (κ1) is 12.0. The number of pyridine rings is 1. The molecule has 5 heteroatoms. The van der Waals surface area contributed by atoms with E-state index in [9.17, 15) is 0 Å². The molecule has 0 unspecified atom stereocenters. The molecule has 0 amide bonds. The van der Waals surface area contributed by atoms with Crippen LogP contribution in [-0.4, -0.2) is 20.1 Å². The van der Waals surface area contributed by atoms with Crippen molar-refractivity contribution >= 4 is 11.8 Å². The fourth-order valence-electron chi connectivity index (χ4n) is 1.38. The second-order valence-electron chi connectivity index (χ2n) is 3.71. The van der Waals surface area contributed by atoms with E-state index in [0.717, 1.165) is 21.8 Å². The Morgan fingerprint density at radius 2 is 2.12 bits per heavy atom. The second-order valence-corrected chi connectivity index (χ2v) is 4.66. The van der Waals surface area contributed by atoms with Gasteiger partial charge < -0.3 is 5.11 Å². The van der Waals surface area contributed by atoms with Gasteiger partial charge in [0.25, 0.3) is 0 Å². The lowest BCUT2D eigenvalue weighted by atomic mass is 10.2. The lowest BCUT2D eigenvalue weighted by Gasteiger charge is -2.05. The van der Waals surface area contributed by atoms with Crippen LogP contribution in [0.5, 0.6) is 0 Å². The van der Waals surface area contributed by atoms with E-state index >= 15 is 0 Å². The van der Waals surface area contributed by atoms with Crippen molar-refractivity contribution in [2.75, 3.05) is 0 Å². The molecule has 0 fully saturated rings. The Bertz CT molecular complexity index is 531. The highest BCUT2D eigenvalue weighted by molar-refractivity contribution is 7.99. The van der Waals surface area contributed by atoms with E-state index in [0.29, 0.717) is 5.16 Å². The van der Waals surface area contributed by atoms with E-state index in [1.54, 1.807) is 12.4 Å². The molecule has 2 aromatic heterocycles. The summed E-state index contributed by atoms with van der Waals surface area (Å²) in [5.74, 6) is 0. The van der Waals surface area contributed by atoms with Gasteiger partial charge in [0, 0.05) is 18.1 Å². The topological polar surface area (TPSA) is 58.9 Å². The summed E-state index contributed by atoms with van der Waals surface area (Å²) in [5.41, 5.74) is 2.77. The highest BCUT2D eigenvalue weighted by atomic mass is 32.2. The number of hydrogen-bond acceptors (Lipinski definition) is 5. The van der Waals surface area contributed by atoms with Crippen molar-refractivity contribution < 1.29 is 5.11 Å². The molecule has 0 bridgehead atoms. The minimum atomic E-state index is 0.0136. The lowest BCUT2D eigenvalue weighted by molar-refractivity contribution is 0.281. The highest BCUT2D eigenvalue weighted by Crippen LogP contribution is 2.25. The van der Waals surface area contributed by atoms with E-state index in [-0.39, 0.29) is 6.61 Å². The molecule has 0 aliphatic carbocycles. The predicted molar refractivity (Wildman–Crippen MR) is 65.8 cm³/mol. The molecule has 17 heavy (non-hydrogen) atoms. The van der Waals surface area contributed by atoms with Crippen molar-refractivity contribution in [3.05, 3.63) is 41.3 Å². The SMILES string of the molecule is Cc1ccnc(Sc2ncc(CO)cc2C)n1. The number of rotatable bonds is 3. The fourth-order valence-corrected chi connectivity index (χ4v) is 2.18. The van der Waals surface area contributed by atoms with Crippen LogP contribution < -0.4 is 0 Å². The summed E-state index contributed by atoms with van der Waals surface area (Å²) in [7, 11) is 0. The van der Waals surface area contributed by atoms with Crippen molar-refractivity contribution in [2.45, 2.75) is 30.6 Å². The average Bonchev–Trinajstić information content (AvgIpc) is 2.32. The molecule has 1 N–H and O–H groups in total. The Morgan fingerprint density at radius 1 is 1.29 bits per heavy atom. The number of aryl methyl sites for hydroxylation is 2. The maximum Gasteiger partial charge on any atom is 0.194 e. The number of aliphatic hydroxyl groups is 1. The van der Waals surface area contributed by atoms with Crippen molar-refractivity contribution in [3.8, 4) is 0 Å². The van der Waals surface area contributed by atoms with Crippen molar-refractivity contribution in [1.82, 2.24) is 15.0 Å². The normalized spacial score (nSPS) is 10.5. The summed E-state index contributed by atoms with van der Waals surface area (Å²) in [6, 6.07) is 3.78. The molecule has 0 saturated carbocycles. The highest BCUT2D eigenvalue weighted by Gasteiger charge is 2.06. The van der Waals surface area contributed by atoms with Crippen LogP contribution in [0.2, 0.25) is 0 Å². The molecule has 0 atom stereocenters. The van der Waals surface area contributed by atoms with E-state index in [4.69, 9.17) is 5.11 Å². The Kier molecular flexibility index (Phi) is 3.71. The molecule has 0 radical (unpaired) electrons. The molecule has 2 heterocycles. The molecule has 0 spiro atoms. The summed E-state index contributed by atoms with van der Waals surface area (Å²) in [6.45, 7) is 3.91. The predicted octanol–water partition coefficient (Wildman–Crippen LogP) is 2.13. The van der Waals surface area contributed by atoms with Gasteiger partial charge in [-0.25, -0.2) is 15.0 Å². The number of aromatic nitrogens is 3. The van der Waals surface area contributed by atoms with Crippen LogP contribution in [0.4, 0.5) is 0 Å². The third-order valence-corrected chi connectivity index (χ3v) is 3.23. The molecule has 0 aliphatic heterocycles. The maximum atomic E-state index is 9.01. The lowest BCUT2D eigenvalue weighted by Crippen LogP contribution is -1.93. The second kappa shape index (κ2) is 5.25. The van der Waals surface area contributed by atoms with E-state index in [1.807, 2.05) is 26.0 Å². The zero-order chi connectivity index (χ0) is 12.3. The van der Waals surface area contributed by atoms with E-state index in [2.05, 4.69) is 15.0 Å². The standard InChI is InChI=1S/C12H13N3OS/c1-8-5-10(7-16)6-14-11(8)17-12-13-4-3-9(2)15-12/h3-6,16H,7H2,1-2H3. The molecular weight excluding hydrogens is 234 g/mol. The van der Waals surface area contributed by atoms with Crippen LogP contribution in [0.25, 0.3) is 0 Å². The van der Waals surface area contributed by atoms with Gasteiger partial charge in [-0.1, -0.05) is 0 Å². The monoisotopic (exact) mass is 247 g/mol. The Morgan fingerprint density at radius 3 is 2.76 bits per heavy atom. The molecular formula is C12H13N3OS. The smallest absolute Gasteiger partial charge is 0.194 e. The summed E-state index contributed by atoms with van der Waals surface area (Å²) < 4.78 is 0. The Hall–Kier alpha value is -1.46. The molecule has 88 valence electrons. The minimum Gasteiger partial charge on any atom is -0.392 e. The van der Waals surface area contributed by atoms with Crippen LogP contribution in [0.15, 0.2) is 34.7 Å². The summed E-state index contributed by atoms with van der Waals surface area (Å²) in [5, 5.41) is 10.6. The maximum absolute atomic E-state index is 9.01. The largest absolute Gasteiger partial charge is 0.392 e. The Balaban J connectivity index is 2.24. The average molecular weight is 247 g/mol. The van der Waals surface area contributed by atoms with Crippen LogP contribution in [0.3, 0.4) is 0 Å². The van der Waals surface area contributed by atoms with Gasteiger partial charge in [0.05, 0.1) is 6.61 Å². The van der Waals surface area contributed by atoms with Gasteiger partial charge >= 0.3 is 0 Å². The van der Waals surface area contributed by atoms with Gasteiger partial charge in [0.2, 0.25) is 0 Å². The van der Waals surface area contributed by atoms with Gasteiger partial charge in [0.15, 0.2) is 5.16 Å². The number of aliphatic hydroxyl groups excluding tert-OH is 1. The van der Waals surface area contributed by atoms with Crippen LogP contribution in [0.1, 0.15) is 16.8 Å². The quantitative estimate of drug-likeness (QED) is 0.842. The third kappa shape index (κ3) is 3.01. The van der Waals surface area contributed by atoms with Crippen molar-refractivity contribution in [1.29, 1.82) is 0 Å². The van der Waals surface area contributed by atoms with Gasteiger partial charge in [-0.3, -0.25) is 0 Å². The summed E-state index contributed by atoms with van der Waals surface area (Å²) in [4.78, 5) is 12.8. The zero-order valence-electron chi connectivity index (χ0n) is 9.71. The minimum absolute atomic E-state index is 0.0136. The van der Waals surface area contributed by atoms with E-state index in [1.165, 1.54) is 11.8 Å². The first-order chi connectivity index (χ1) is 8.19. The van der Waals surface area contributed by atoms with Crippen LogP contribution in [-0.2, 0) is 6.61 Å². The van der Waals surface area contributed by atoms with Crippen molar-refractivity contribution in [3.63, 3.8) is 0 Å². The summed E-state index contributed by atoms with van der Waals surface area (Å²) >= 11 is 1.43. The van der Waals surface area contributed by atoms with Gasteiger partial charge in [0.1, 0.15) is 5.03 Å². The van der Waals surface area contributed by atoms with Gasteiger partial charge in [-0.2, -0.15) is 0 Å². The first-order valence-electron chi connectivity index (χ1n) is 5.23. The molecule has 2 rings (SSSR count). The summed E-state index contributed by atoms with van der Waals surface area (Å²) in [6.07, 6.45) is 3.41. The first-order valence-corrected chi connectivity index (χ1v) is 6.04. The molecule has 0 saturated heterocycles. The third-order valence-electron chi connectivity index (χ3n) is 2.23. The molecule has 2 aromatic rings. The number of nitrogens with zero attached hydrogens (tertiary/aromatic N) is 3. The Labute approximate surface area is 104 Å². The van der Waals surface area contributed by atoms with Crippen molar-refractivity contribution in [2.24, 2.45) is 0 Å².